The molecule has 2 aliphatic heterocycles. The van der Waals surface area contributed by atoms with Crippen molar-refractivity contribution in [1.29, 1.82) is 0 Å². The second-order valence-electron chi connectivity index (χ2n) is 9.15. The Labute approximate surface area is 222 Å². The summed E-state index contributed by atoms with van der Waals surface area (Å²) in [6.07, 6.45) is 4.39. The summed E-state index contributed by atoms with van der Waals surface area (Å²) in [7, 11) is 0. The summed E-state index contributed by atoms with van der Waals surface area (Å²) in [6, 6.07) is 9.54. The Morgan fingerprint density at radius 1 is 1.19 bits per heavy atom. The fourth-order valence-corrected chi connectivity index (χ4v) is 5.77. The van der Waals surface area contributed by atoms with Gasteiger partial charge >= 0.3 is 0 Å². The van der Waals surface area contributed by atoms with Crippen LogP contribution in [0.15, 0.2) is 52.3 Å². The number of hydrogen-bond donors (Lipinski definition) is 1. The summed E-state index contributed by atoms with van der Waals surface area (Å²) in [6.45, 7) is 3.10. The molecule has 37 heavy (non-hydrogen) atoms. The van der Waals surface area contributed by atoms with E-state index in [1.54, 1.807) is 30.5 Å². The van der Waals surface area contributed by atoms with E-state index in [2.05, 4.69) is 0 Å². The molecule has 2 amide bonds. The maximum atomic E-state index is 13.7. The van der Waals surface area contributed by atoms with Gasteiger partial charge in [-0.25, -0.2) is 9.37 Å². The number of anilines is 1. The zero-order valence-electron chi connectivity index (χ0n) is 20.0. The molecule has 2 saturated heterocycles. The number of fused-ring (bicyclic) bond motifs is 1. The van der Waals surface area contributed by atoms with Gasteiger partial charge in [0.15, 0.2) is 0 Å². The largest absolute Gasteiger partial charge is 0.369 e. The summed E-state index contributed by atoms with van der Waals surface area (Å²) in [4.78, 5) is 47.1. The smallest absolute Gasteiger partial charge is 0.267 e. The molecule has 5 rings (SSSR count). The van der Waals surface area contributed by atoms with Crippen molar-refractivity contribution in [3.63, 3.8) is 0 Å². The first-order chi connectivity index (χ1) is 17.7. The van der Waals surface area contributed by atoms with Crippen LogP contribution in [0.4, 0.5) is 10.2 Å². The van der Waals surface area contributed by atoms with Crippen molar-refractivity contribution >= 4 is 57.7 Å². The van der Waals surface area contributed by atoms with Gasteiger partial charge in [0.2, 0.25) is 5.91 Å². The highest BCUT2D eigenvalue weighted by molar-refractivity contribution is 8.26. The number of thioether (sulfide) groups is 1. The number of pyridine rings is 1. The molecule has 0 atom stereocenters. The lowest BCUT2D eigenvalue weighted by molar-refractivity contribution is -0.123. The van der Waals surface area contributed by atoms with E-state index in [9.17, 15) is 18.8 Å². The maximum absolute atomic E-state index is 13.7. The minimum absolute atomic E-state index is 0.198. The molecule has 2 fully saturated rings. The zero-order valence-corrected chi connectivity index (χ0v) is 21.7. The van der Waals surface area contributed by atoms with Crippen LogP contribution in [0.5, 0.6) is 0 Å². The number of carbonyl (C=O) groups is 2. The van der Waals surface area contributed by atoms with Crippen molar-refractivity contribution in [3.05, 3.63) is 80.4 Å². The molecule has 0 saturated carbocycles. The van der Waals surface area contributed by atoms with Crippen molar-refractivity contribution in [3.8, 4) is 0 Å². The highest BCUT2D eigenvalue weighted by atomic mass is 32.2. The summed E-state index contributed by atoms with van der Waals surface area (Å²) < 4.78 is 15.1. The van der Waals surface area contributed by atoms with Crippen molar-refractivity contribution in [2.45, 2.75) is 26.3 Å². The van der Waals surface area contributed by atoms with Gasteiger partial charge in [0, 0.05) is 25.2 Å². The molecule has 0 radical (unpaired) electrons. The van der Waals surface area contributed by atoms with Crippen LogP contribution in [0.25, 0.3) is 11.7 Å². The number of aryl methyl sites for hydroxylation is 1. The number of benzene rings is 1. The monoisotopic (exact) mass is 537 g/mol. The number of primary amides is 1. The SMILES string of the molecule is Cc1ccc2nc(N3CCC(C(N)=O)CC3)c(/C=C3/SC(=S)N(Cc4ccc(F)cc4)C3=O)c(=O)n2c1. The van der Waals surface area contributed by atoms with Gasteiger partial charge in [0.25, 0.3) is 11.5 Å². The lowest BCUT2D eigenvalue weighted by Gasteiger charge is -2.32. The highest BCUT2D eigenvalue weighted by Crippen LogP contribution is 2.35. The van der Waals surface area contributed by atoms with Crippen LogP contribution in [0.1, 0.15) is 29.5 Å². The van der Waals surface area contributed by atoms with Gasteiger partial charge in [-0.3, -0.25) is 23.7 Å². The molecule has 0 aliphatic carbocycles. The van der Waals surface area contributed by atoms with Crippen molar-refractivity contribution in [2.24, 2.45) is 11.7 Å². The minimum atomic E-state index is -0.360. The van der Waals surface area contributed by atoms with Gasteiger partial charge in [-0.15, -0.1) is 0 Å². The third kappa shape index (κ3) is 5.01. The number of piperidine rings is 1. The first-order valence-electron chi connectivity index (χ1n) is 11.8. The maximum Gasteiger partial charge on any atom is 0.267 e. The minimum Gasteiger partial charge on any atom is -0.369 e. The molecular formula is C26H24FN5O3S2. The number of nitrogens with two attached hydrogens (primary N) is 1. The summed E-state index contributed by atoms with van der Waals surface area (Å²) in [5.41, 5.74) is 7.59. The molecule has 190 valence electrons. The molecule has 2 N–H and O–H groups in total. The standard InChI is InChI=1S/C26H24FN5O3S2/c1-15-2-7-21-29-23(30-10-8-17(9-11-30)22(28)33)19(24(34)31(21)13-15)12-20-25(35)32(26(36)37-20)14-16-3-5-18(27)6-4-16/h2-7,12-13,17H,8-11,14H2,1H3,(H2,28,33)/b20-12+. The fraction of sp³-hybridized carbons (Fsp3) is 0.269. The topological polar surface area (TPSA) is 101 Å². The van der Waals surface area contributed by atoms with E-state index in [4.69, 9.17) is 22.9 Å². The molecule has 4 heterocycles. The quantitative estimate of drug-likeness (QED) is 0.394. The number of nitrogens with zero attached hydrogens (tertiary/aromatic N) is 4. The van der Waals surface area contributed by atoms with Gasteiger partial charge in [-0.1, -0.05) is 42.2 Å². The first kappa shape index (κ1) is 25.1. The molecule has 0 bridgehead atoms. The highest BCUT2D eigenvalue weighted by Gasteiger charge is 2.33. The van der Waals surface area contributed by atoms with E-state index in [0.29, 0.717) is 46.6 Å². The molecule has 3 aromatic rings. The molecule has 2 aromatic heterocycles. The van der Waals surface area contributed by atoms with Gasteiger partial charge in [0.05, 0.1) is 17.0 Å². The van der Waals surface area contributed by atoms with Gasteiger partial charge in [-0.05, 0) is 55.2 Å². The summed E-state index contributed by atoms with van der Waals surface area (Å²) in [5, 5.41) is 0. The average molecular weight is 538 g/mol. The second-order valence-corrected chi connectivity index (χ2v) is 10.8. The Balaban J connectivity index is 1.54. The predicted octanol–water partition coefficient (Wildman–Crippen LogP) is 3.25. The number of rotatable bonds is 5. The fourth-order valence-electron chi connectivity index (χ4n) is 4.53. The third-order valence-corrected chi connectivity index (χ3v) is 7.96. The van der Waals surface area contributed by atoms with Crippen molar-refractivity contribution in [1.82, 2.24) is 14.3 Å². The van der Waals surface area contributed by atoms with E-state index >= 15 is 0 Å². The normalized spacial score (nSPS) is 17.8. The lowest BCUT2D eigenvalue weighted by Crippen LogP contribution is -2.40. The van der Waals surface area contributed by atoms with Gasteiger partial charge in [0.1, 0.15) is 21.6 Å². The Bertz CT molecular complexity index is 1510. The predicted molar refractivity (Wildman–Crippen MR) is 145 cm³/mol. The average Bonchev–Trinajstić information content (AvgIpc) is 3.14. The number of amides is 2. The van der Waals surface area contributed by atoms with Crippen LogP contribution in [0, 0.1) is 18.7 Å². The molecule has 11 heteroatoms. The van der Waals surface area contributed by atoms with Crippen LogP contribution >= 0.6 is 24.0 Å². The summed E-state index contributed by atoms with van der Waals surface area (Å²) in [5.74, 6) is -0.772. The second kappa shape index (κ2) is 10.1. The number of thiocarbonyl (C=S) groups is 1. The Kier molecular flexibility index (Phi) is 6.82. The van der Waals surface area contributed by atoms with Crippen LogP contribution in [0.3, 0.4) is 0 Å². The third-order valence-electron chi connectivity index (χ3n) is 6.59. The Morgan fingerprint density at radius 2 is 1.89 bits per heavy atom. The Hall–Kier alpha value is -3.57. The van der Waals surface area contributed by atoms with Crippen molar-refractivity contribution in [2.75, 3.05) is 18.0 Å². The van der Waals surface area contributed by atoms with E-state index in [-0.39, 0.29) is 41.2 Å². The van der Waals surface area contributed by atoms with E-state index in [1.807, 2.05) is 17.9 Å². The molecule has 0 unspecified atom stereocenters. The van der Waals surface area contributed by atoms with Crippen LogP contribution in [-0.2, 0) is 16.1 Å². The molecule has 0 spiro atoms. The number of aromatic nitrogens is 2. The molecule has 2 aliphatic rings. The van der Waals surface area contributed by atoms with Crippen LogP contribution in [-0.4, -0.2) is 43.5 Å². The molecular weight excluding hydrogens is 513 g/mol. The van der Waals surface area contributed by atoms with E-state index < -0.39 is 0 Å². The number of hydrogen-bond acceptors (Lipinski definition) is 7. The molecule has 1 aromatic carbocycles. The first-order valence-corrected chi connectivity index (χ1v) is 13.0. The van der Waals surface area contributed by atoms with Gasteiger partial charge in [-0.2, -0.15) is 0 Å². The van der Waals surface area contributed by atoms with Crippen LogP contribution in [0.2, 0.25) is 0 Å². The summed E-state index contributed by atoms with van der Waals surface area (Å²) >= 11 is 6.57. The lowest BCUT2D eigenvalue weighted by atomic mass is 9.96. The van der Waals surface area contributed by atoms with Crippen molar-refractivity contribution < 1.29 is 14.0 Å². The van der Waals surface area contributed by atoms with E-state index in [0.717, 1.165) is 22.9 Å². The van der Waals surface area contributed by atoms with Crippen LogP contribution < -0.4 is 16.2 Å². The van der Waals surface area contributed by atoms with Gasteiger partial charge < -0.3 is 10.6 Å². The van der Waals surface area contributed by atoms with E-state index in [1.165, 1.54) is 21.4 Å². The number of carbonyl (C=O) groups excluding carboxylic acids is 2. The molecule has 8 nitrogen and oxygen atoms in total. The zero-order chi connectivity index (χ0) is 26.3. The number of halogens is 1. The Morgan fingerprint density at radius 3 is 2.57 bits per heavy atom.